The quantitative estimate of drug-likeness (QED) is 0.511. The number of allylic oxidation sites excluding steroid dienone is 4. The number of hydrogen-bond donors (Lipinski definition) is 1. The lowest BCUT2D eigenvalue weighted by molar-refractivity contribution is 0.325. The van der Waals surface area contributed by atoms with Crippen LogP contribution in [0.15, 0.2) is 20.8 Å². The van der Waals surface area contributed by atoms with Crippen molar-refractivity contribution < 1.29 is 5.11 Å². The van der Waals surface area contributed by atoms with Crippen molar-refractivity contribution in [3.63, 3.8) is 0 Å². The van der Waals surface area contributed by atoms with E-state index in [1.54, 1.807) is 6.08 Å². The summed E-state index contributed by atoms with van der Waals surface area (Å²) < 4.78 is 1.57. The molecule has 1 rings (SSSR count). The van der Waals surface area contributed by atoms with E-state index in [-0.39, 0.29) is 10.2 Å². The molecule has 0 saturated heterocycles. The number of rotatable bonds is 2. The first-order valence-corrected chi connectivity index (χ1v) is 8.36. The molecule has 14 heavy (non-hydrogen) atoms. The molecule has 1 N–H and O–H groups in total. The molecule has 6 heteroatoms. The highest BCUT2D eigenvalue weighted by atomic mass is 79.9. The predicted octanol–water partition coefficient (Wildman–Crippen LogP) is 4.98. The van der Waals surface area contributed by atoms with E-state index < -0.39 is 0 Å². The van der Waals surface area contributed by atoms with Gasteiger partial charge in [0.1, 0.15) is 0 Å². The number of alkyl halides is 3. The molecule has 1 aliphatic carbocycles. The van der Waals surface area contributed by atoms with Crippen molar-refractivity contribution in [2.24, 2.45) is 5.92 Å². The number of halogens is 5. The second kappa shape index (κ2) is 5.34. The summed E-state index contributed by atoms with van der Waals surface area (Å²) in [6, 6.07) is 0. The molecule has 1 aliphatic rings. The van der Waals surface area contributed by atoms with Crippen LogP contribution in [0.2, 0.25) is 0 Å². The summed E-state index contributed by atoms with van der Waals surface area (Å²) in [5.41, 5.74) is 0. The SMILES string of the molecule is OC1=CC(Br)=C(Br)C(Br)(CBr)C1CBr. The van der Waals surface area contributed by atoms with E-state index in [4.69, 9.17) is 0 Å². The van der Waals surface area contributed by atoms with Gasteiger partial charge in [-0.3, -0.25) is 0 Å². The zero-order valence-corrected chi connectivity index (χ0v) is 14.8. The predicted molar refractivity (Wildman–Crippen MR) is 78.3 cm³/mol. The molecule has 80 valence electrons. The standard InChI is InChI=1S/C8H7Br5O/c9-2-4-6(14)1-5(11)7(12)8(4,13)3-10/h1,4,14H,2-3H2. The third-order valence-corrected chi connectivity index (χ3v) is 8.45. The van der Waals surface area contributed by atoms with E-state index in [1.165, 1.54) is 0 Å². The van der Waals surface area contributed by atoms with Crippen LogP contribution in [0, 0.1) is 5.92 Å². The third kappa shape index (κ3) is 2.34. The first kappa shape index (κ1) is 13.7. The van der Waals surface area contributed by atoms with Gasteiger partial charge in [0.15, 0.2) is 0 Å². The van der Waals surface area contributed by atoms with E-state index in [9.17, 15) is 5.11 Å². The molecule has 1 nitrogen and oxygen atoms in total. The van der Waals surface area contributed by atoms with Gasteiger partial charge < -0.3 is 5.11 Å². The van der Waals surface area contributed by atoms with Crippen LogP contribution < -0.4 is 0 Å². The van der Waals surface area contributed by atoms with Gasteiger partial charge in [0.25, 0.3) is 0 Å². The van der Waals surface area contributed by atoms with Crippen LogP contribution in [0.25, 0.3) is 0 Å². The van der Waals surface area contributed by atoms with E-state index in [0.717, 1.165) is 8.96 Å². The number of hydrogen-bond acceptors (Lipinski definition) is 1. The van der Waals surface area contributed by atoms with E-state index in [0.29, 0.717) is 16.4 Å². The van der Waals surface area contributed by atoms with Crippen LogP contribution in [0.3, 0.4) is 0 Å². The normalized spacial score (nSPS) is 33.2. The second-order valence-corrected chi connectivity index (χ2v) is 7.20. The van der Waals surface area contributed by atoms with Gasteiger partial charge >= 0.3 is 0 Å². The Labute approximate surface area is 125 Å². The summed E-state index contributed by atoms with van der Waals surface area (Å²) >= 11 is 17.4. The summed E-state index contributed by atoms with van der Waals surface area (Å²) in [6.45, 7) is 0. The lowest BCUT2D eigenvalue weighted by Gasteiger charge is -2.36. The van der Waals surface area contributed by atoms with Crippen LogP contribution in [0.4, 0.5) is 0 Å². The van der Waals surface area contributed by atoms with Gasteiger partial charge in [0.05, 0.1) is 10.1 Å². The zero-order chi connectivity index (χ0) is 10.9. The van der Waals surface area contributed by atoms with Crippen molar-refractivity contribution in [3.8, 4) is 0 Å². The molecule has 0 aromatic rings. The molecule has 0 bridgehead atoms. The Balaban J connectivity index is 3.21. The lowest BCUT2D eigenvalue weighted by atomic mass is 9.89. The maximum Gasteiger partial charge on any atom is 0.0991 e. The summed E-state index contributed by atoms with van der Waals surface area (Å²) in [7, 11) is 0. The van der Waals surface area contributed by atoms with Crippen LogP contribution in [0.1, 0.15) is 0 Å². The van der Waals surface area contributed by atoms with Gasteiger partial charge in [0, 0.05) is 25.5 Å². The fraction of sp³-hybridized carbons (Fsp3) is 0.500. The molecule has 0 fully saturated rings. The van der Waals surface area contributed by atoms with E-state index in [2.05, 4.69) is 79.6 Å². The highest BCUT2D eigenvalue weighted by Crippen LogP contribution is 2.49. The molecule has 0 aromatic heterocycles. The zero-order valence-electron chi connectivity index (χ0n) is 6.91. The van der Waals surface area contributed by atoms with Crippen molar-refractivity contribution >= 4 is 79.6 Å². The maximum absolute atomic E-state index is 9.82. The van der Waals surface area contributed by atoms with E-state index >= 15 is 0 Å². The topological polar surface area (TPSA) is 20.2 Å². The molecular weight excluding hydrogens is 512 g/mol. The van der Waals surface area contributed by atoms with Gasteiger partial charge in [-0.25, -0.2) is 0 Å². The minimum Gasteiger partial charge on any atom is -0.512 e. The Hall–Kier alpha value is 1.68. The molecule has 0 saturated carbocycles. The van der Waals surface area contributed by atoms with Crippen molar-refractivity contribution in [2.45, 2.75) is 4.32 Å². The first-order valence-electron chi connectivity index (χ1n) is 3.74. The molecule has 0 amide bonds. The lowest BCUT2D eigenvalue weighted by Crippen LogP contribution is -2.38. The smallest absolute Gasteiger partial charge is 0.0991 e. The average molecular weight is 519 g/mol. The van der Waals surface area contributed by atoms with Crippen molar-refractivity contribution in [1.82, 2.24) is 0 Å². The molecule has 0 aromatic carbocycles. The van der Waals surface area contributed by atoms with Crippen LogP contribution in [-0.4, -0.2) is 20.1 Å². The van der Waals surface area contributed by atoms with E-state index in [1.807, 2.05) is 0 Å². The Bertz CT molecular complexity index is 298. The summed E-state index contributed by atoms with van der Waals surface area (Å²) in [4.78, 5) is 0. The van der Waals surface area contributed by atoms with Crippen molar-refractivity contribution in [3.05, 3.63) is 20.8 Å². The average Bonchev–Trinajstić information content (AvgIpc) is 2.15. The van der Waals surface area contributed by atoms with Gasteiger partial charge in [-0.1, -0.05) is 63.7 Å². The van der Waals surface area contributed by atoms with Gasteiger partial charge in [0.2, 0.25) is 0 Å². The Morgan fingerprint density at radius 3 is 2.36 bits per heavy atom. The van der Waals surface area contributed by atoms with Crippen LogP contribution in [-0.2, 0) is 0 Å². The molecule has 2 atom stereocenters. The fourth-order valence-electron chi connectivity index (χ4n) is 1.23. The molecule has 0 heterocycles. The van der Waals surface area contributed by atoms with Gasteiger partial charge in [-0.2, -0.15) is 0 Å². The Kier molecular flexibility index (Phi) is 5.24. The molecular formula is C8H7Br5O. The minimum atomic E-state index is -0.297. The van der Waals surface area contributed by atoms with Crippen molar-refractivity contribution in [2.75, 3.05) is 10.7 Å². The van der Waals surface area contributed by atoms with Crippen LogP contribution >= 0.6 is 79.6 Å². The number of aliphatic hydroxyl groups is 1. The van der Waals surface area contributed by atoms with Gasteiger partial charge in [-0.15, -0.1) is 0 Å². The highest BCUT2D eigenvalue weighted by Gasteiger charge is 2.43. The summed E-state index contributed by atoms with van der Waals surface area (Å²) in [5, 5.41) is 11.2. The first-order chi connectivity index (χ1) is 6.47. The fourth-order valence-corrected chi connectivity index (χ4v) is 5.59. The second-order valence-electron chi connectivity index (χ2n) is 2.93. The Morgan fingerprint density at radius 2 is 1.93 bits per heavy atom. The number of aliphatic hydroxyl groups excluding tert-OH is 1. The summed E-state index contributed by atoms with van der Waals surface area (Å²) in [6.07, 6.45) is 1.72. The maximum atomic E-state index is 9.82. The minimum absolute atomic E-state index is 0.0116. The third-order valence-electron chi connectivity index (χ3n) is 2.11. The largest absolute Gasteiger partial charge is 0.512 e. The summed E-state index contributed by atoms with van der Waals surface area (Å²) in [5.74, 6) is 0.380. The molecule has 0 aliphatic heterocycles. The molecule has 2 unspecified atom stereocenters. The highest BCUT2D eigenvalue weighted by molar-refractivity contribution is 9.16. The molecule has 0 spiro atoms. The van der Waals surface area contributed by atoms with Crippen LogP contribution in [0.5, 0.6) is 0 Å². The van der Waals surface area contributed by atoms with Crippen molar-refractivity contribution in [1.29, 1.82) is 0 Å². The van der Waals surface area contributed by atoms with Gasteiger partial charge in [-0.05, 0) is 22.0 Å². The molecule has 0 radical (unpaired) electrons. The monoisotopic (exact) mass is 514 g/mol. The Morgan fingerprint density at radius 1 is 1.36 bits per heavy atom.